The molecule has 24 heavy (non-hydrogen) atoms. The van der Waals surface area contributed by atoms with E-state index >= 15 is 0 Å². The number of rotatable bonds is 4. The lowest BCUT2D eigenvalue weighted by Crippen LogP contribution is -2.34. The van der Waals surface area contributed by atoms with E-state index in [-0.39, 0.29) is 12.5 Å². The van der Waals surface area contributed by atoms with Crippen LogP contribution in [0, 0.1) is 0 Å². The maximum Gasteiger partial charge on any atom is 0.434 e. The van der Waals surface area contributed by atoms with Crippen LogP contribution in [-0.4, -0.2) is 32.6 Å². The molecule has 5 nitrogen and oxygen atoms in total. The van der Waals surface area contributed by atoms with Crippen LogP contribution in [0.1, 0.15) is 41.8 Å². The number of halogens is 3. The third-order valence-electron chi connectivity index (χ3n) is 4.33. The van der Waals surface area contributed by atoms with Gasteiger partial charge in [0.15, 0.2) is 5.69 Å². The Labute approximate surface area is 137 Å². The molecule has 3 rings (SSSR count). The fraction of sp³-hybridized carbons (Fsp3) is 0.562. The van der Waals surface area contributed by atoms with Crippen LogP contribution in [0.3, 0.4) is 0 Å². The molecular formula is C16H20F3N3O2. The smallest absolute Gasteiger partial charge is 0.434 e. The van der Waals surface area contributed by atoms with Crippen molar-refractivity contribution >= 4 is 0 Å². The van der Waals surface area contributed by atoms with Crippen molar-refractivity contribution in [1.29, 1.82) is 0 Å². The SMILES string of the molecule is Cn1cc(C(F)(F)F)nc1C1CCCN(Cc2ccc(CO)o2)C1. The number of aliphatic hydroxyl groups is 1. The topological polar surface area (TPSA) is 54.4 Å². The first kappa shape index (κ1) is 17.0. The van der Waals surface area contributed by atoms with Gasteiger partial charge in [-0.05, 0) is 31.5 Å². The highest BCUT2D eigenvalue weighted by atomic mass is 19.4. The van der Waals surface area contributed by atoms with Gasteiger partial charge in [-0.25, -0.2) is 4.98 Å². The van der Waals surface area contributed by atoms with E-state index in [4.69, 9.17) is 9.52 Å². The van der Waals surface area contributed by atoms with Crippen LogP contribution in [0.25, 0.3) is 0 Å². The molecule has 0 amide bonds. The molecule has 0 aliphatic carbocycles. The summed E-state index contributed by atoms with van der Waals surface area (Å²) in [5.74, 6) is 1.70. The van der Waals surface area contributed by atoms with Gasteiger partial charge in [0.2, 0.25) is 0 Å². The summed E-state index contributed by atoms with van der Waals surface area (Å²) in [6, 6.07) is 3.54. The molecule has 1 aliphatic heterocycles. The molecule has 132 valence electrons. The van der Waals surface area contributed by atoms with Crippen LogP contribution in [0.4, 0.5) is 13.2 Å². The minimum Gasteiger partial charge on any atom is -0.462 e. The molecule has 1 atom stereocenters. The van der Waals surface area contributed by atoms with E-state index in [1.54, 1.807) is 13.1 Å². The van der Waals surface area contributed by atoms with Crippen LogP contribution < -0.4 is 0 Å². The van der Waals surface area contributed by atoms with E-state index in [2.05, 4.69) is 9.88 Å². The predicted octanol–water partition coefficient (Wildman–Crippen LogP) is 2.90. The minimum atomic E-state index is -4.42. The second-order valence-electron chi connectivity index (χ2n) is 6.19. The van der Waals surface area contributed by atoms with Crippen molar-refractivity contribution in [2.75, 3.05) is 13.1 Å². The highest BCUT2D eigenvalue weighted by molar-refractivity contribution is 5.12. The highest BCUT2D eigenvalue weighted by Crippen LogP contribution is 2.32. The fourth-order valence-electron chi connectivity index (χ4n) is 3.22. The molecule has 0 bridgehead atoms. The zero-order chi connectivity index (χ0) is 17.3. The first-order valence-corrected chi connectivity index (χ1v) is 7.88. The Morgan fingerprint density at radius 3 is 2.71 bits per heavy atom. The molecule has 8 heteroatoms. The van der Waals surface area contributed by atoms with E-state index in [9.17, 15) is 13.2 Å². The standard InChI is InChI=1S/C16H20F3N3O2/c1-21-9-14(16(17,18)19)20-15(21)11-3-2-6-22(7-11)8-12-4-5-13(10-23)24-12/h4-5,9,11,23H,2-3,6-8,10H2,1H3. The van der Waals surface area contributed by atoms with Gasteiger partial charge in [0.25, 0.3) is 0 Å². The summed E-state index contributed by atoms with van der Waals surface area (Å²) in [5.41, 5.74) is -0.837. The lowest BCUT2D eigenvalue weighted by molar-refractivity contribution is -0.141. The van der Waals surface area contributed by atoms with E-state index in [0.717, 1.165) is 31.3 Å². The van der Waals surface area contributed by atoms with Crippen LogP contribution in [0.15, 0.2) is 22.7 Å². The number of aliphatic hydroxyl groups excluding tert-OH is 1. The van der Waals surface area contributed by atoms with Gasteiger partial charge in [0, 0.05) is 25.7 Å². The minimum absolute atomic E-state index is 0.0351. The van der Waals surface area contributed by atoms with Gasteiger partial charge in [-0.2, -0.15) is 13.2 Å². The number of piperidine rings is 1. The lowest BCUT2D eigenvalue weighted by atomic mass is 9.97. The predicted molar refractivity (Wildman–Crippen MR) is 80.1 cm³/mol. The average Bonchev–Trinajstić information content (AvgIpc) is 3.13. The Kier molecular flexibility index (Phi) is 4.69. The molecule has 1 unspecified atom stereocenters. The summed E-state index contributed by atoms with van der Waals surface area (Å²) < 4.78 is 45.5. The summed E-state index contributed by atoms with van der Waals surface area (Å²) in [7, 11) is 1.61. The van der Waals surface area contributed by atoms with Gasteiger partial charge in [-0.3, -0.25) is 4.90 Å². The fourth-order valence-corrected chi connectivity index (χ4v) is 3.22. The van der Waals surface area contributed by atoms with Gasteiger partial charge in [0.1, 0.15) is 24.0 Å². The number of hydrogen-bond acceptors (Lipinski definition) is 4. The molecule has 2 aromatic heterocycles. The van der Waals surface area contributed by atoms with Gasteiger partial charge < -0.3 is 14.1 Å². The number of likely N-dealkylation sites (tertiary alicyclic amines) is 1. The Morgan fingerprint density at radius 1 is 1.33 bits per heavy atom. The Balaban J connectivity index is 1.70. The van der Waals surface area contributed by atoms with Crippen molar-refractivity contribution in [3.05, 3.63) is 41.4 Å². The van der Waals surface area contributed by atoms with Gasteiger partial charge in [-0.15, -0.1) is 0 Å². The van der Waals surface area contributed by atoms with Gasteiger partial charge in [-0.1, -0.05) is 0 Å². The van der Waals surface area contributed by atoms with E-state index in [0.29, 0.717) is 24.7 Å². The van der Waals surface area contributed by atoms with Crippen molar-refractivity contribution in [2.45, 2.75) is 38.1 Å². The number of hydrogen-bond donors (Lipinski definition) is 1. The maximum atomic E-state index is 12.8. The summed E-state index contributed by atoms with van der Waals surface area (Å²) >= 11 is 0. The third-order valence-corrected chi connectivity index (χ3v) is 4.33. The number of aromatic nitrogens is 2. The van der Waals surface area contributed by atoms with Crippen molar-refractivity contribution < 1.29 is 22.7 Å². The second kappa shape index (κ2) is 6.60. The third kappa shape index (κ3) is 3.64. The van der Waals surface area contributed by atoms with Crippen LogP contribution in [0.5, 0.6) is 0 Å². The normalized spacial score (nSPS) is 19.8. The quantitative estimate of drug-likeness (QED) is 0.927. The lowest BCUT2D eigenvalue weighted by Gasteiger charge is -2.31. The molecule has 0 saturated carbocycles. The molecule has 1 aliphatic rings. The zero-order valence-electron chi connectivity index (χ0n) is 13.4. The molecule has 1 N–H and O–H groups in total. The summed E-state index contributed by atoms with van der Waals surface area (Å²) in [4.78, 5) is 5.97. The summed E-state index contributed by atoms with van der Waals surface area (Å²) in [5, 5.41) is 9.04. The van der Waals surface area contributed by atoms with E-state index in [1.165, 1.54) is 4.57 Å². The number of imidazole rings is 1. The van der Waals surface area contributed by atoms with Crippen LogP contribution in [-0.2, 0) is 26.4 Å². The highest BCUT2D eigenvalue weighted by Gasteiger charge is 2.36. The van der Waals surface area contributed by atoms with Crippen molar-refractivity contribution in [3.63, 3.8) is 0 Å². The van der Waals surface area contributed by atoms with E-state index in [1.807, 2.05) is 6.07 Å². The van der Waals surface area contributed by atoms with E-state index < -0.39 is 11.9 Å². The Bertz CT molecular complexity index is 693. The maximum absolute atomic E-state index is 12.8. The Hall–Kier alpha value is -1.80. The number of aryl methyl sites for hydroxylation is 1. The molecule has 0 radical (unpaired) electrons. The number of alkyl halides is 3. The molecule has 1 fully saturated rings. The first-order valence-electron chi connectivity index (χ1n) is 7.88. The monoisotopic (exact) mass is 343 g/mol. The Morgan fingerprint density at radius 2 is 2.08 bits per heavy atom. The molecule has 2 aromatic rings. The van der Waals surface area contributed by atoms with Crippen LogP contribution in [0.2, 0.25) is 0 Å². The van der Waals surface area contributed by atoms with Crippen molar-refractivity contribution in [1.82, 2.24) is 14.5 Å². The molecule has 3 heterocycles. The van der Waals surface area contributed by atoms with Gasteiger partial charge >= 0.3 is 6.18 Å². The summed E-state index contributed by atoms with van der Waals surface area (Å²) in [6.07, 6.45) is -1.65. The molecular weight excluding hydrogens is 323 g/mol. The largest absolute Gasteiger partial charge is 0.462 e. The molecule has 0 spiro atoms. The van der Waals surface area contributed by atoms with Gasteiger partial charge in [0.05, 0.1) is 6.54 Å². The molecule has 0 aromatic carbocycles. The van der Waals surface area contributed by atoms with Crippen molar-refractivity contribution in [3.8, 4) is 0 Å². The first-order chi connectivity index (χ1) is 11.4. The number of furan rings is 1. The molecule has 1 saturated heterocycles. The van der Waals surface area contributed by atoms with Crippen molar-refractivity contribution in [2.24, 2.45) is 7.05 Å². The second-order valence-corrected chi connectivity index (χ2v) is 6.19. The average molecular weight is 343 g/mol. The summed E-state index contributed by atoms with van der Waals surface area (Å²) in [6.45, 7) is 1.93. The number of nitrogens with zero attached hydrogens (tertiary/aromatic N) is 3. The zero-order valence-corrected chi connectivity index (χ0v) is 13.4. The van der Waals surface area contributed by atoms with Crippen LogP contribution >= 0.6 is 0 Å².